The molecule has 0 unspecified atom stereocenters. The lowest BCUT2D eigenvalue weighted by Gasteiger charge is -2.18. The Bertz CT molecular complexity index is 1250. The number of hydrogen-bond acceptors (Lipinski definition) is 6. The quantitative estimate of drug-likeness (QED) is 0.511. The highest BCUT2D eigenvalue weighted by Crippen LogP contribution is 2.32. The average Bonchev–Trinajstić information content (AvgIpc) is 3.18. The van der Waals surface area contributed by atoms with E-state index in [1.54, 1.807) is 29.1 Å². The Labute approximate surface area is 176 Å². The van der Waals surface area contributed by atoms with E-state index in [0.717, 1.165) is 16.8 Å². The highest BCUT2D eigenvalue weighted by atomic mass is 32.1. The monoisotopic (exact) mass is 415 g/mol. The van der Waals surface area contributed by atoms with E-state index in [9.17, 15) is 4.79 Å². The van der Waals surface area contributed by atoms with E-state index in [1.165, 1.54) is 11.3 Å². The number of rotatable bonds is 5. The number of amides is 1. The Kier molecular flexibility index (Phi) is 5.54. The molecule has 8 heteroatoms. The number of carbonyl (C=O) groups excluding carboxylic acids is 1. The maximum Gasteiger partial charge on any atom is 0.262 e. The first kappa shape index (κ1) is 19.4. The van der Waals surface area contributed by atoms with E-state index in [1.807, 2.05) is 35.7 Å². The molecule has 2 aromatic carbocycles. The van der Waals surface area contributed by atoms with E-state index in [4.69, 9.17) is 10.00 Å². The average molecular weight is 415 g/mol. The highest BCUT2D eigenvalue weighted by Gasteiger charge is 2.17. The summed E-state index contributed by atoms with van der Waals surface area (Å²) in [6.07, 6.45) is 3.44. The van der Waals surface area contributed by atoms with Gasteiger partial charge in [-0.05, 0) is 35.9 Å². The summed E-state index contributed by atoms with van der Waals surface area (Å²) in [7, 11) is 0. The molecular formula is C22H17N5O2S. The van der Waals surface area contributed by atoms with Crippen molar-refractivity contribution in [2.75, 3.05) is 18.5 Å². The number of nitriles is 1. The van der Waals surface area contributed by atoms with E-state index >= 15 is 0 Å². The van der Waals surface area contributed by atoms with Crippen LogP contribution in [0.4, 0.5) is 5.69 Å². The number of hydrogen-bond donors (Lipinski definition) is 1. The number of anilines is 1. The lowest BCUT2D eigenvalue weighted by atomic mass is 10.1. The van der Waals surface area contributed by atoms with E-state index < -0.39 is 0 Å². The van der Waals surface area contributed by atoms with Gasteiger partial charge in [0.15, 0.2) is 6.61 Å². The third-order valence-electron chi connectivity index (χ3n) is 4.31. The number of benzene rings is 2. The summed E-state index contributed by atoms with van der Waals surface area (Å²) in [5, 5.41) is 18.4. The minimum atomic E-state index is -0.182. The second kappa shape index (κ2) is 8.59. The molecule has 7 nitrogen and oxygen atoms in total. The van der Waals surface area contributed by atoms with Crippen LogP contribution in [0.3, 0.4) is 0 Å². The zero-order chi connectivity index (χ0) is 20.9. The number of fused-ring (bicyclic) bond motifs is 1. The number of ether oxygens (including phenoxy) is 1. The topological polar surface area (TPSA) is 91.8 Å². The third kappa shape index (κ3) is 4.06. The normalized spacial score (nSPS) is 13.4. The Hall–Kier alpha value is -3.96. The van der Waals surface area contributed by atoms with Crippen LogP contribution in [-0.4, -0.2) is 29.9 Å². The Morgan fingerprint density at radius 2 is 2.13 bits per heavy atom. The van der Waals surface area contributed by atoms with Crippen molar-refractivity contribution in [2.24, 2.45) is 10.1 Å². The van der Waals surface area contributed by atoms with Crippen LogP contribution < -0.4 is 14.9 Å². The van der Waals surface area contributed by atoms with Crippen molar-refractivity contribution in [2.45, 2.75) is 0 Å². The molecule has 0 radical (unpaired) electrons. The molecule has 30 heavy (non-hydrogen) atoms. The van der Waals surface area contributed by atoms with Gasteiger partial charge in [0.1, 0.15) is 5.75 Å². The second-order valence-electron chi connectivity index (χ2n) is 6.37. The fourth-order valence-electron chi connectivity index (χ4n) is 2.87. The summed E-state index contributed by atoms with van der Waals surface area (Å²) in [6, 6.07) is 14.9. The fraction of sp³-hybridized carbons (Fsp3) is 0.0909. The molecule has 0 atom stereocenters. The molecule has 1 aromatic heterocycles. The molecular weight excluding hydrogens is 398 g/mol. The van der Waals surface area contributed by atoms with Crippen molar-refractivity contribution in [3.8, 4) is 23.1 Å². The largest absolute Gasteiger partial charge is 0.482 e. The van der Waals surface area contributed by atoms with E-state index in [-0.39, 0.29) is 12.5 Å². The summed E-state index contributed by atoms with van der Waals surface area (Å²) in [4.78, 5) is 16.9. The second-order valence-corrected chi connectivity index (χ2v) is 7.21. The standard InChI is InChI=1S/C22H17N5O2S/c1-2-9-24-22-27(25-12-16-5-3-15(11-23)4-6-16)19(14-30-22)17-7-8-20-18(10-17)26-21(28)13-29-20/h2-8,10,12,14H,1,9,13H2,(H,26,28). The van der Waals surface area contributed by atoms with Crippen LogP contribution in [0.15, 0.2) is 70.6 Å². The highest BCUT2D eigenvalue weighted by molar-refractivity contribution is 7.07. The number of nitrogens with one attached hydrogen (secondary N) is 1. The number of nitrogens with zero attached hydrogens (tertiary/aromatic N) is 4. The minimum absolute atomic E-state index is 0.0181. The van der Waals surface area contributed by atoms with Gasteiger partial charge >= 0.3 is 0 Å². The molecule has 0 saturated heterocycles. The number of thiazole rings is 1. The molecule has 1 amide bonds. The molecule has 1 N–H and O–H groups in total. The van der Waals surface area contributed by atoms with Crippen molar-refractivity contribution < 1.29 is 9.53 Å². The van der Waals surface area contributed by atoms with Crippen LogP contribution in [0.25, 0.3) is 11.3 Å². The molecule has 0 fully saturated rings. The van der Waals surface area contributed by atoms with Crippen LogP contribution in [0, 0.1) is 11.3 Å². The lowest BCUT2D eigenvalue weighted by Crippen LogP contribution is -2.25. The van der Waals surface area contributed by atoms with Gasteiger partial charge in [0.05, 0.1) is 35.8 Å². The molecule has 2 heterocycles. The van der Waals surface area contributed by atoms with Gasteiger partial charge in [-0.3, -0.25) is 9.79 Å². The fourth-order valence-corrected chi connectivity index (χ4v) is 3.72. The van der Waals surface area contributed by atoms with Crippen LogP contribution in [0.5, 0.6) is 5.75 Å². The Morgan fingerprint density at radius 3 is 2.90 bits per heavy atom. The first-order valence-corrected chi connectivity index (χ1v) is 9.99. The van der Waals surface area contributed by atoms with Crippen molar-refractivity contribution >= 4 is 29.1 Å². The molecule has 1 aliphatic heterocycles. The van der Waals surface area contributed by atoms with Crippen molar-refractivity contribution in [1.29, 1.82) is 5.26 Å². The van der Waals surface area contributed by atoms with Crippen LogP contribution in [-0.2, 0) is 4.79 Å². The van der Waals surface area contributed by atoms with Gasteiger partial charge in [0.25, 0.3) is 5.91 Å². The first-order chi connectivity index (χ1) is 14.7. The molecule has 4 rings (SSSR count). The summed E-state index contributed by atoms with van der Waals surface area (Å²) in [5.41, 5.74) is 3.78. The van der Waals surface area contributed by atoms with Gasteiger partial charge < -0.3 is 10.1 Å². The van der Waals surface area contributed by atoms with Gasteiger partial charge in [0.2, 0.25) is 4.80 Å². The Morgan fingerprint density at radius 1 is 1.30 bits per heavy atom. The van der Waals surface area contributed by atoms with Crippen molar-refractivity contribution in [3.05, 3.63) is 76.4 Å². The van der Waals surface area contributed by atoms with Gasteiger partial charge in [-0.25, -0.2) is 4.68 Å². The van der Waals surface area contributed by atoms with Gasteiger partial charge in [0, 0.05) is 10.9 Å². The maximum absolute atomic E-state index is 11.7. The van der Waals surface area contributed by atoms with Crippen LogP contribution >= 0.6 is 11.3 Å². The Balaban J connectivity index is 1.75. The van der Waals surface area contributed by atoms with Gasteiger partial charge in [-0.15, -0.1) is 17.9 Å². The van der Waals surface area contributed by atoms with Gasteiger partial charge in [-0.2, -0.15) is 10.4 Å². The number of aromatic nitrogens is 1. The van der Waals surface area contributed by atoms with Crippen molar-refractivity contribution in [3.63, 3.8) is 0 Å². The smallest absolute Gasteiger partial charge is 0.262 e. The molecule has 0 aliphatic carbocycles. The van der Waals surface area contributed by atoms with Crippen LogP contribution in [0.2, 0.25) is 0 Å². The predicted octanol–water partition coefficient (Wildman–Crippen LogP) is 3.39. The van der Waals surface area contributed by atoms with E-state index in [0.29, 0.717) is 28.3 Å². The minimum Gasteiger partial charge on any atom is -0.482 e. The number of carbonyl (C=O) groups is 1. The lowest BCUT2D eigenvalue weighted by molar-refractivity contribution is -0.118. The zero-order valence-corrected chi connectivity index (χ0v) is 16.7. The van der Waals surface area contributed by atoms with Crippen molar-refractivity contribution in [1.82, 2.24) is 4.68 Å². The predicted molar refractivity (Wildman–Crippen MR) is 117 cm³/mol. The van der Waals surface area contributed by atoms with Crippen LogP contribution in [0.1, 0.15) is 11.1 Å². The molecule has 3 aromatic rings. The molecule has 0 bridgehead atoms. The zero-order valence-electron chi connectivity index (χ0n) is 15.9. The first-order valence-electron chi connectivity index (χ1n) is 9.11. The SMILES string of the molecule is C=CCN=c1scc(-c2ccc3c(c2)NC(=O)CO3)n1N=Cc1ccc(C#N)cc1. The molecule has 0 saturated carbocycles. The van der Waals surface area contributed by atoms with E-state index in [2.05, 4.69) is 28.1 Å². The van der Waals surface area contributed by atoms with Gasteiger partial charge in [-0.1, -0.05) is 18.2 Å². The summed E-state index contributed by atoms with van der Waals surface area (Å²) in [6.45, 7) is 4.21. The summed E-state index contributed by atoms with van der Waals surface area (Å²) >= 11 is 1.46. The third-order valence-corrected chi connectivity index (χ3v) is 5.17. The molecule has 148 valence electrons. The maximum atomic E-state index is 11.7. The summed E-state index contributed by atoms with van der Waals surface area (Å²) in [5.74, 6) is 0.455. The summed E-state index contributed by atoms with van der Waals surface area (Å²) < 4.78 is 7.19. The molecule has 1 aliphatic rings. The molecule has 0 spiro atoms.